The van der Waals surface area contributed by atoms with E-state index in [1.54, 1.807) is 24.3 Å². The topological polar surface area (TPSA) is 79.4 Å². The molecule has 1 aromatic heterocycles. The number of hydrogen-bond acceptors (Lipinski definition) is 5. The Labute approximate surface area is 193 Å². The standard InChI is InChI=1S/C24H27N3O3S2/c1-16-6-9-20(10-7-16)32(29,30)27-12-4-5-19(14-27)23(28)26-24-25-22(15-31-24)21-11-8-17(2)13-18(21)3/h6-11,13,15,19H,4-5,12,14H2,1-3H3,(H,25,26,28). The van der Waals surface area contributed by atoms with E-state index in [1.165, 1.54) is 21.2 Å². The number of rotatable bonds is 5. The van der Waals surface area contributed by atoms with Crippen molar-refractivity contribution < 1.29 is 13.2 Å². The average Bonchev–Trinajstić information content (AvgIpc) is 3.22. The van der Waals surface area contributed by atoms with E-state index in [0.717, 1.165) is 22.4 Å². The van der Waals surface area contributed by atoms with Crippen molar-refractivity contribution in [1.82, 2.24) is 9.29 Å². The van der Waals surface area contributed by atoms with Crippen LogP contribution in [0.15, 0.2) is 52.7 Å². The van der Waals surface area contributed by atoms with Gasteiger partial charge in [-0.1, -0.05) is 41.5 Å². The first kappa shape index (κ1) is 22.6. The second-order valence-electron chi connectivity index (χ2n) is 8.36. The number of nitrogens with zero attached hydrogens (tertiary/aromatic N) is 2. The lowest BCUT2D eigenvalue weighted by molar-refractivity contribution is -0.120. The fourth-order valence-electron chi connectivity index (χ4n) is 4.00. The Bertz CT molecular complexity index is 1230. The molecule has 1 aliphatic rings. The Hall–Kier alpha value is -2.55. The minimum Gasteiger partial charge on any atom is -0.302 e. The first-order chi connectivity index (χ1) is 15.2. The number of amides is 1. The number of thiazole rings is 1. The zero-order valence-electron chi connectivity index (χ0n) is 18.5. The van der Waals surface area contributed by atoms with E-state index in [1.807, 2.05) is 31.4 Å². The van der Waals surface area contributed by atoms with Crippen molar-refractivity contribution >= 4 is 32.4 Å². The second-order valence-corrected chi connectivity index (χ2v) is 11.2. The molecule has 0 aliphatic carbocycles. The van der Waals surface area contributed by atoms with E-state index < -0.39 is 15.9 Å². The normalized spacial score (nSPS) is 17.3. The van der Waals surface area contributed by atoms with Crippen LogP contribution in [-0.2, 0) is 14.8 Å². The molecule has 1 N–H and O–H groups in total. The third-order valence-electron chi connectivity index (χ3n) is 5.81. The molecule has 2 heterocycles. The first-order valence-corrected chi connectivity index (χ1v) is 13.0. The Balaban J connectivity index is 1.45. The lowest BCUT2D eigenvalue weighted by Gasteiger charge is -2.31. The van der Waals surface area contributed by atoms with Gasteiger partial charge in [-0.25, -0.2) is 13.4 Å². The van der Waals surface area contributed by atoms with Crippen molar-refractivity contribution in [2.24, 2.45) is 5.92 Å². The number of nitrogens with one attached hydrogen (secondary N) is 1. The predicted octanol–water partition coefficient (Wildman–Crippen LogP) is 4.77. The summed E-state index contributed by atoms with van der Waals surface area (Å²) in [5, 5.41) is 5.36. The smallest absolute Gasteiger partial charge is 0.243 e. The van der Waals surface area contributed by atoms with Gasteiger partial charge >= 0.3 is 0 Å². The summed E-state index contributed by atoms with van der Waals surface area (Å²) in [6.07, 6.45) is 1.30. The van der Waals surface area contributed by atoms with E-state index in [4.69, 9.17) is 0 Å². The van der Waals surface area contributed by atoms with Gasteiger partial charge in [-0.3, -0.25) is 4.79 Å². The number of anilines is 1. The highest BCUT2D eigenvalue weighted by molar-refractivity contribution is 7.89. The van der Waals surface area contributed by atoms with Crippen LogP contribution in [0.1, 0.15) is 29.5 Å². The molecule has 0 bridgehead atoms. The summed E-state index contributed by atoms with van der Waals surface area (Å²) in [6, 6.07) is 13.0. The van der Waals surface area contributed by atoms with E-state index in [-0.39, 0.29) is 17.3 Å². The Kier molecular flexibility index (Phi) is 6.46. The molecular formula is C24H27N3O3S2. The number of piperidine rings is 1. The van der Waals surface area contributed by atoms with Crippen LogP contribution in [0.25, 0.3) is 11.3 Å². The fourth-order valence-corrected chi connectivity index (χ4v) is 6.23. The van der Waals surface area contributed by atoms with Crippen LogP contribution >= 0.6 is 11.3 Å². The number of aryl methyl sites for hydroxylation is 3. The van der Waals surface area contributed by atoms with Crippen molar-refractivity contribution in [2.75, 3.05) is 18.4 Å². The first-order valence-electron chi connectivity index (χ1n) is 10.6. The molecule has 32 heavy (non-hydrogen) atoms. The predicted molar refractivity (Wildman–Crippen MR) is 128 cm³/mol. The van der Waals surface area contributed by atoms with Crippen LogP contribution in [0.3, 0.4) is 0 Å². The minimum absolute atomic E-state index is 0.178. The highest BCUT2D eigenvalue weighted by atomic mass is 32.2. The maximum Gasteiger partial charge on any atom is 0.243 e. The molecule has 1 fully saturated rings. The molecular weight excluding hydrogens is 442 g/mol. The molecule has 6 nitrogen and oxygen atoms in total. The number of hydrogen-bond donors (Lipinski definition) is 1. The van der Waals surface area contributed by atoms with Crippen molar-refractivity contribution in [3.63, 3.8) is 0 Å². The van der Waals surface area contributed by atoms with Gasteiger partial charge in [-0.15, -0.1) is 11.3 Å². The number of sulfonamides is 1. The Morgan fingerprint density at radius 1 is 1.09 bits per heavy atom. The van der Waals surface area contributed by atoms with E-state index in [9.17, 15) is 13.2 Å². The van der Waals surface area contributed by atoms with Gasteiger partial charge in [0.25, 0.3) is 0 Å². The largest absolute Gasteiger partial charge is 0.302 e. The summed E-state index contributed by atoms with van der Waals surface area (Å²) in [6.45, 7) is 6.62. The summed E-state index contributed by atoms with van der Waals surface area (Å²) < 4.78 is 27.5. The third-order valence-corrected chi connectivity index (χ3v) is 8.44. The van der Waals surface area contributed by atoms with Gasteiger partial charge in [-0.2, -0.15) is 4.31 Å². The zero-order chi connectivity index (χ0) is 22.9. The Morgan fingerprint density at radius 3 is 2.53 bits per heavy atom. The molecule has 168 valence electrons. The molecule has 1 atom stereocenters. The molecule has 1 unspecified atom stereocenters. The summed E-state index contributed by atoms with van der Waals surface area (Å²) in [5.41, 5.74) is 5.20. The van der Waals surface area contributed by atoms with Gasteiger partial charge < -0.3 is 5.32 Å². The van der Waals surface area contributed by atoms with Crippen LogP contribution < -0.4 is 5.32 Å². The summed E-state index contributed by atoms with van der Waals surface area (Å²) in [7, 11) is -3.62. The van der Waals surface area contributed by atoms with Crippen LogP contribution in [0, 0.1) is 26.7 Å². The van der Waals surface area contributed by atoms with Crippen LogP contribution in [0.5, 0.6) is 0 Å². The van der Waals surface area contributed by atoms with Crippen molar-refractivity contribution in [3.8, 4) is 11.3 Å². The van der Waals surface area contributed by atoms with Crippen molar-refractivity contribution in [2.45, 2.75) is 38.5 Å². The fraction of sp³-hybridized carbons (Fsp3) is 0.333. The van der Waals surface area contributed by atoms with Crippen molar-refractivity contribution in [1.29, 1.82) is 0 Å². The second kappa shape index (κ2) is 9.13. The van der Waals surface area contributed by atoms with E-state index in [2.05, 4.69) is 23.3 Å². The third kappa shape index (κ3) is 4.77. The zero-order valence-corrected chi connectivity index (χ0v) is 20.1. The lowest BCUT2D eigenvalue weighted by atomic mass is 9.99. The molecule has 0 spiro atoms. The molecule has 0 radical (unpaired) electrons. The molecule has 4 rings (SSSR count). The van der Waals surface area contributed by atoms with E-state index in [0.29, 0.717) is 24.5 Å². The number of benzene rings is 2. The molecule has 1 saturated heterocycles. The molecule has 3 aromatic rings. The molecule has 0 saturated carbocycles. The van der Waals surface area contributed by atoms with Crippen molar-refractivity contribution in [3.05, 3.63) is 64.5 Å². The van der Waals surface area contributed by atoms with Gasteiger partial charge in [0, 0.05) is 24.0 Å². The van der Waals surface area contributed by atoms with Gasteiger partial charge in [0.2, 0.25) is 15.9 Å². The maximum atomic E-state index is 13.0. The van der Waals surface area contributed by atoms with Gasteiger partial charge in [0.05, 0.1) is 16.5 Å². The Morgan fingerprint density at radius 2 is 1.81 bits per heavy atom. The highest BCUT2D eigenvalue weighted by Crippen LogP contribution is 2.29. The average molecular weight is 470 g/mol. The van der Waals surface area contributed by atoms with Crippen LogP contribution in [-0.4, -0.2) is 36.7 Å². The quantitative estimate of drug-likeness (QED) is 0.583. The maximum absolute atomic E-state index is 13.0. The highest BCUT2D eigenvalue weighted by Gasteiger charge is 2.33. The van der Waals surface area contributed by atoms with E-state index >= 15 is 0 Å². The summed E-state index contributed by atoms with van der Waals surface area (Å²) in [4.78, 5) is 17.8. The number of carbonyl (C=O) groups excluding carboxylic acids is 1. The van der Waals surface area contributed by atoms with Gasteiger partial charge in [-0.05, 0) is 51.3 Å². The molecule has 1 amide bonds. The summed E-state index contributed by atoms with van der Waals surface area (Å²) >= 11 is 1.38. The van der Waals surface area contributed by atoms with Crippen LogP contribution in [0.2, 0.25) is 0 Å². The lowest BCUT2D eigenvalue weighted by Crippen LogP contribution is -2.43. The van der Waals surface area contributed by atoms with Gasteiger partial charge in [0.15, 0.2) is 5.13 Å². The number of carbonyl (C=O) groups is 1. The summed E-state index contributed by atoms with van der Waals surface area (Å²) in [5.74, 6) is -0.590. The molecule has 1 aliphatic heterocycles. The monoisotopic (exact) mass is 469 g/mol. The number of aromatic nitrogens is 1. The molecule has 2 aromatic carbocycles. The SMILES string of the molecule is Cc1ccc(S(=O)(=O)N2CCCC(C(=O)Nc3nc(-c4ccc(C)cc4C)cs3)C2)cc1. The van der Waals surface area contributed by atoms with Crippen LogP contribution in [0.4, 0.5) is 5.13 Å². The minimum atomic E-state index is -3.62. The van der Waals surface area contributed by atoms with Gasteiger partial charge in [0.1, 0.15) is 0 Å². The molecule has 8 heteroatoms.